The van der Waals surface area contributed by atoms with E-state index in [9.17, 15) is 4.79 Å². The Hall–Kier alpha value is -0.870. The molecule has 0 atom stereocenters. The van der Waals surface area contributed by atoms with Gasteiger partial charge in [-0.3, -0.25) is 4.79 Å². The smallest absolute Gasteiger partial charge is 0.312 e. The summed E-state index contributed by atoms with van der Waals surface area (Å²) < 4.78 is 11.4. The fourth-order valence-corrected chi connectivity index (χ4v) is 3.02. The third-order valence-electron chi connectivity index (χ3n) is 4.00. The van der Waals surface area contributed by atoms with Gasteiger partial charge in [-0.2, -0.15) is 0 Å². The van der Waals surface area contributed by atoms with E-state index in [1.807, 2.05) is 32.2 Å². The first kappa shape index (κ1) is 14.5. The molecule has 106 valence electrons. The maximum atomic E-state index is 12.4. The third kappa shape index (κ3) is 3.00. The van der Waals surface area contributed by atoms with Gasteiger partial charge in [0.15, 0.2) is 5.60 Å². The summed E-state index contributed by atoms with van der Waals surface area (Å²) in [6, 6.07) is 4.07. The number of thiophene rings is 1. The molecule has 0 spiro atoms. The molecule has 0 amide bonds. The first-order valence-corrected chi connectivity index (χ1v) is 7.73. The summed E-state index contributed by atoms with van der Waals surface area (Å²) in [4.78, 5) is 13.5. The van der Waals surface area contributed by atoms with Crippen molar-refractivity contribution in [2.24, 2.45) is 5.41 Å². The Morgan fingerprint density at radius 2 is 2.16 bits per heavy atom. The molecule has 0 saturated carbocycles. The van der Waals surface area contributed by atoms with E-state index in [-0.39, 0.29) is 5.97 Å². The number of hydrogen-bond acceptors (Lipinski definition) is 4. The second-order valence-corrected chi connectivity index (χ2v) is 6.66. The van der Waals surface area contributed by atoms with Crippen LogP contribution in [0.2, 0.25) is 0 Å². The van der Waals surface area contributed by atoms with Gasteiger partial charge in [0.2, 0.25) is 0 Å². The van der Waals surface area contributed by atoms with Gasteiger partial charge in [-0.25, -0.2) is 0 Å². The van der Waals surface area contributed by atoms with E-state index < -0.39 is 11.0 Å². The van der Waals surface area contributed by atoms with Gasteiger partial charge in [-0.05, 0) is 31.7 Å². The van der Waals surface area contributed by atoms with Crippen LogP contribution in [-0.2, 0) is 19.9 Å². The van der Waals surface area contributed by atoms with Gasteiger partial charge < -0.3 is 9.47 Å². The van der Waals surface area contributed by atoms with Crippen LogP contribution in [0.25, 0.3) is 0 Å². The summed E-state index contributed by atoms with van der Waals surface area (Å²) in [6.45, 7) is 7.20. The van der Waals surface area contributed by atoms with Gasteiger partial charge in [-0.1, -0.05) is 13.0 Å². The first-order chi connectivity index (χ1) is 9.00. The van der Waals surface area contributed by atoms with Crippen LogP contribution in [0.4, 0.5) is 0 Å². The second kappa shape index (κ2) is 5.63. The molecule has 0 aromatic carbocycles. The van der Waals surface area contributed by atoms with Gasteiger partial charge in [0.1, 0.15) is 0 Å². The lowest BCUT2D eigenvalue weighted by Gasteiger charge is -2.38. The van der Waals surface area contributed by atoms with Gasteiger partial charge in [0.25, 0.3) is 0 Å². The van der Waals surface area contributed by atoms with E-state index >= 15 is 0 Å². The van der Waals surface area contributed by atoms with E-state index in [0.717, 1.165) is 24.1 Å². The number of rotatable bonds is 4. The van der Waals surface area contributed by atoms with Crippen molar-refractivity contribution in [1.29, 1.82) is 0 Å². The molecule has 0 unspecified atom stereocenters. The summed E-state index contributed by atoms with van der Waals surface area (Å²) in [5, 5.41) is 2.03. The molecule has 2 rings (SSSR count). The molecule has 0 aliphatic carbocycles. The molecule has 1 fully saturated rings. The Morgan fingerprint density at radius 1 is 1.47 bits per heavy atom. The van der Waals surface area contributed by atoms with Crippen LogP contribution >= 0.6 is 11.3 Å². The van der Waals surface area contributed by atoms with Gasteiger partial charge in [0, 0.05) is 17.7 Å². The van der Waals surface area contributed by atoms with Crippen molar-refractivity contribution in [3.8, 4) is 0 Å². The molecule has 0 radical (unpaired) electrons. The van der Waals surface area contributed by atoms with Crippen molar-refractivity contribution in [2.75, 3.05) is 13.2 Å². The van der Waals surface area contributed by atoms with Crippen LogP contribution in [0.15, 0.2) is 17.5 Å². The zero-order valence-electron chi connectivity index (χ0n) is 11.9. The fraction of sp³-hybridized carbons (Fsp3) is 0.667. The normalized spacial score (nSPS) is 19.1. The zero-order chi connectivity index (χ0) is 13.9. The minimum absolute atomic E-state index is 0.106. The molecule has 1 saturated heterocycles. The van der Waals surface area contributed by atoms with Crippen LogP contribution < -0.4 is 0 Å². The number of carbonyl (C=O) groups excluding carboxylic acids is 1. The predicted octanol–water partition coefficient (Wildman–Crippen LogP) is 3.73. The molecular formula is C15H22O3S. The molecule has 1 aromatic heterocycles. The zero-order valence-corrected chi connectivity index (χ0v) is 12.7. The molecule has 1 aliphatic rings. The highest BCUT2D eigenvalue weighted by atomic mass is 32.1. The molecule has 1 aliphatic heterocycles. The van der Waals surface area contributed by atoms with Gasteiger partial charge in [0.05, 0.1) is 18.6 Å². The van der Waals surface area contributed by atoms with Crippen LogP contribution in [-0.4, -0.2) is 19.2 Å². The van der Waals surface area contributed by atoms with Crippen molar-refractivity contribution >= 4 is 17.3 Å². The molecule has 0 N–H and O–H groups in total. The van der Waals surface area contributed by atoms with Crippen molar-refractivity contribution in [3.05, 3.63) is 22.4 Å². The molecule has 2 heterocycles. The van der Waals surface area contributed by atoms with Gasteiger partial charge in [-0.15, -0.1) is 11.3 Å². The lowest BCUT2D eigenvalue weighted by atomic mass is 9.88. The second-order valence-electron chi connectivity index (χ2n) is 5.71. The monoisotopic (exact) mass is 282 g/mol. The summed E-state index contributed by atoms with van der Waals surface area (Å²) in [6.07, 6.45) is 2.28. The standard InChI is InChI=1S/C15H22O3S/c1-4-14(2,3)13(16)18-15(7-9-17-10-8-15)12-6-5-11-19-12/h5-6,11H,4,7-10H2,1-3H3. The number of hydrogen-bond donors (Lipinski definition) is 0. The topological polar surface area (TPSA) is 35.5 Å². The van der Waals surface area contributed by atoms with Crippen LogP contribution in [0.1, 0.15) is 44.9 Å². The Kier molecular flexibility index (Phi) is 4.31. The molecule has 1 aromatic rings. The SMILES string of the molecule is CCC(C)(C)C(=O)OC1(c2cccs2)CCOCC1. The van der Waals surface area contributed by atoms with E-state index in [0.29, 0.717) is 13.2 Å². The largest absolute Gasteiger partial charge is 0.453 e. The molecule has 0 bridgehead atoms. The third-order valence-corrected chi connectivity index (χ3v) is 5.05. The Balaban J connectivity index is 2.22. The average Bonchev–Trinajstić information content (AvgIpc) is 2.94. The Morgan fingerprint density at radius 3 is 2.68 bits per heavy atom. The van der Waals surface area contributed by atoms with Gasteiger partial charge >= 0.3 is 5.97 Å². The van der Waals surface area contributed by atoms with Crippen molar-refractivity contribution in [1.82, 2.24) is 0 Å². The van der Waals surface area contributed by atoms with Crippen LogP contribution in [0, 0.1) is 5.41 Å². The molecule has 4 heteroatoms. The minimum atomic E-state index is -0.476. The van der Waals surface area contributed by atoms with E-state index in [1.165, 1.54) is 0 Å². The lowest BCUT2D eigenvalue weighted by Crippen LogP contribution is -2.41. The maximum absolute atomic E-state index is 12.4. The highest BCUT2D eigenvalue weighted by Gasteiger charge is 2.42. The van der Waals surface area contributed by atoms with Crippen LogP contribution in [0.3, 0.4) is 0 Å². The Labute approximate surface area is 118 Å². The number of carbonyl (C=O) groups is 1. The summed E-state index contributed by atoms with van der Waals surface area (Å²) in [5.74, 6) is -0.106. The summed E-state index contributed by atoms with van der Waals surface area (Å²) in [7, 11) is 0. The number of esters is 1. The van der Waals surface area contributed by atoms with Crippen LogP contribution in [0.5, 0.6) is 0 Å². The number of ether oxygens (including phenoxy) is 2. The molecule has 3 nitrogen and oxygen atoms in total. The van der Waals surface area contributed by atoms with Crippen molar-refractivity contribution in [2.45, 2.75) is 45.6 Å². The molecule has 19 heavy (non-hydrogen) atoms. The van der Waals surface area contributed by atoms with E-state index in [2.05, 4.69) is 6.07 Å². The fourth-order valence-electron chi connectivity index (χ4n) is 2.10. The average molecular weight is 282 g/mol. The highest BCUT2D eigenvalue weighted by Crippen LogP contribution is 2.40. The van der Waals surface area contributed by atoms with Crippen molar-refractivity contribution in [3.63, 3.8) is 0 Å². The maximum Gasteiger partial charge on any atom is 0.312 e. The molecular weight excluding hydrogens is 260 g/mol. The van der Waals surface area contributed by atoms with E-state index in [1.54, 1.807) is 11.3 Å². The van der Waals surface area contributed by atoms with Crippen molar-refractivity contribution < 1.29 is 14.3 Å². The lowest BCUT2D eigenvalue weighted by molar-refractivity contribution is -0.181. The quantitative estimate of drug-likeness (QED) is 0.789. The predicted molar refractivity (Wildman–Crippen MR) is 76.2 cm³/mol. The Bertz CT molecular complexity index is 417. The summed E-state index contributed by atoms with van der Waals surface area (Å²) in [5.41, 5.74) is -0.904. The minimum Gasteiger partial charge on any atom is -0.453 e. The highest BCUT2D eigenvalue weighted by molar-refractivity contribution is 7.10. The van der Waals surface area contributed by atoms with E-state index in [4.69, 9.17) is 9.47 Å². The first-order valence-electron chi connectivity index (χ1n) is 6.85. The summed E-state index contributed by atoms with van der Waals surface area (Å²) >= 11 is 1.66.